The summed E-state index contributed by atoms with van der Waals surface area (Å²) in [5.41, 5.74) is -1.20. The van der Waals surface area contributed by atoms with E-state index in [1.807, 2.05) is 4.94 Å². The van der Waals surface area contributed by atoms with Crippen LogP contribution in [0.15, 0.2) is 32.9 Å². The molecule has 5 atom stereocenters. The normalized spacial score (nSPS) is 24.9. The standard InChI is InChI=1S/C13H17N2O14P3Se/c16-8-4-11(15-5-7(10-2-1-3-33-10)12(17)14-13(15)18)27-9(8)6-26-31(22,23)29-32(24,25)28-30(19,20)21/h1-3,5,8-9,11,16H,4,6H2,(H,22,23)(H,24,25)(H,14,17,18)(H2,19,20,21)/t8-,9+,11+/m0/s1. The van der Waals surface area contributed by atoms with E-state index in [2.05, 4.69) is 18.1 Å². The van der Waals surface area contributed by atoms with E-state index in [9.17, 15) is 33.3 Å². The molecule has 2 aromatic heterocycles. The monoisotopic (exact) mass is 598 g/mol. The first kappa shape index (κ1) is 26.6. The number of nitrogens with one attached hydrogen (secondary N) is 1. The van der Waals surface area contributed by atoms with Gasteiger partial charge >= 0.3 is 161 Å². The summed E-state index contributed by atoms with van der Waals surface area (Å²) in [6.07, 6.45) is -2.66. The van der Waals surface area contributed by atoms with E-state index in [-0.39, 0.29) is 26.5 Å². The molecule has 0 bridgehead atoms. The maximum atomic E-state index is 12.2. The van der Waals surface area contributed by atoms with E-state index in [1.165, 1.54) is 6.20 Å². The minimum absolute atomic E-state index is 0.112. The van der Waals surface area contributed by atoms with Crippen LogP contribution in [-0.4, -0.2) is 67.5 Å². The Labute approximate surface area is 189 Å². The van der Waals surface area contributed by atoms with Gasteiger partial charge in [-0.05, 0) is 0 Å². The van der Waals surface area contributed by atoms with Crippen molar-refractivity contribution in [3.8, 4) is 10.0 Å². The van der Waals surface area contributed by atoms with Crippen LogP contribution in [0.1, 0.15) is 12.6 Å². The number of ether oxygens (including phenoxy) is 1. The molecule has 2 aromatic rings. The molecule has 3 rings (SSSR count). The fraction of sp³-hybridized carbons (Fsp3) is 0.385. The SMILES string of the molecule is O=c1[nH]c(=O)n([C@H]2C[C@H](O)[C@@H](COP(=O)(O)OP(=O)(O)OP(=O)(O)O)O2)cc1-c1ccc[se]1. The van der Waals surface area contributed by atoms with Gasteiger partial charge in [-0.1, -0.05) is 0 Å². The second-order valence-corrected chi connectivity index (χ2v) is 12.9. The molecule has 184 valence electrons. The molecule has 0 saturated carbocycles. The van der Waals surface area contributed by atoms with Gasteiger partial charge in [-0.2, -0.15) is 4.31 Å². The predicted molar refractivity (Wildman–Crippen MR) is 108 cm³/mol. The Morgan fingerprint density at radius 1 is 1.15 bits per heavy atom. The minimum atomic E-state index is -5.69. The van der Waals surface area contributed by atoms with Crippen LogP contribution in [0.2, 0.25) is 0 Å². The van der Waals surface area contributed by atoms with Gasteiger partial charge in [0.2, 0.25) is 0 Å². The number of aromatic nitrogens is 2. The fourth-order valence-corrected chi connectivity index (χ4v) is 7.38. The van der Waals surface area contributed by atoms with Crippen molar-refractivity contribution in [3.05, 3.63) is 44.1 Å². The summed E-state index contributed by atoms with van der Waals surface area (Å²) in [6, 6.07) is 3.48. The molecule has 16 nitrogen and oxygen atoms in total. The average Bonchev–Trinajstić information content (AvgIpc) is 3.27. The second-order valence-electron chi connectivity index (χ2n) is 6.51. The van der Waals surface area contributed by atoms with Crippen molar-refractivity contribution in [2.75, 3.05) is 6.61 Å². The summed E-state index contributed by atoms with van der Waals surface area (Å²) in [5, 5.41) is 10.2. The molecule has 1 saturated heterocycles. The number of aliphatic hydroxyl groups is 1. The Morgan fingerprint density at radius 2 is 1.85 bits per heavy atom. The molecule has 0 spiro atoms. The summed E-state index contributed by atoms with van der Waals surface area (Å²) in [5.74, 6) is 0. The molecule has 20 heteroatoms. The average molecular weight is 597 g/mol. The zero-order chi connectivity index (χ0) is 24.6. The Bertz CT molecular complexity index is 1250. The number of phosphoric ester groups is 1. The number of nitrogens with zero attached hydrogens (tertiary/aromatic N) is 1. The van der Waals surface area contributed by atoms with Crippen LogP contribution in [0.5, 0.6) is 0 Å². The van der Waals surface area contributed by atoms with Gasteiger partial charge in [-0.15, -0.1) is 0 Å². The summed E-state index contributed by atoms with van der Waals surface area (Å²) in [4.78, 5) is 64.1. The number of phosphoric acid groups is 3. The van der Waals surface area contributed by atoms with Crippen LogP contribution in [0.3, 0.4) is 0 Å². The van der Waals surface area contributed by atoms with Crippen molar-refractivity contribution in [2.45, 2.75) is 24.9 Å². The topological polar surface area (TPSA) is 244 Å². The molecular formula is C13H17N2O14P3Se. The third-order valence-corrected chi connectivity index (χ3v) is 9.78. The first-order valence-corrected chi connectivity index (χ1v) is 15.0. The first-order chi connectivity index (χ1) is 15.2. The zero-order valence-electron chi connectivity index (χ0n) is 16.1. The Balaban J connectivity index is 1.69. The molecule has 33 heavy (non-hydrogen) atoms. The van der Waals surface area contributed by atoms with E-state index < -0.39 is 59.8 Å². The third-order valence-electron chi connectivity index (χ3n) is 4.09. The summed E-state index contributed by atoms with van der Waals surface area (Å²) in [6.45, 7) is -0.884. The van der Waals surface area contributed by atoms with E-state index in [4.69, 9.17) is 19.4 Å². The van der Waals surface area contributed by atoms with Crippen LogP contribution < -0.4 is 11.2 Å². The number of aliphatic hydroxyl groups excluding tert-OH is 1. The summed E-state index contributed by atoms with van der Waals surface area (Å²) < 4.78 is 52.6. The molecule has 1 aliphatic heterocycles. The number of H-pyrrole nitrogens is 1. The van der Waals surface area contributed by atoms with E-state index in [0.29, 0.717) is 4.44 Å². The van der Waals surface area contributed by atoms with Gasteiger partial charge in [0.15, 0.2) is 0 Å². The molecule has 0 radical (unpaired) electrons. The molecule has 0 aliphatic carbocycles. The van der Waals surface area contributed by atoms with Gasteiger partial charge in [-0.25, -0.2) is 9.13 Å². The third kappa shape index (κ3) is 7.25. The van der Waals surface area contributed by atoms with Crippen molar-refractivity contribution < 1.29 is 56.3 Å². The Kier molecular flexibility index (Phi) is 8.01. The maximum absolute atomic E-state index is 12.2. The molecule has 2 unspecified atom stereocenters. The summed E-state index contributed by atoms with van der Waals surface area (Å²) in [7, 11) is -16.6. The molecule has 3 heterocycles. The van der Waals surface area contributed by atoms with Gasteiger partial charge in [0.25, 0.3) is 0 Å². The van der Waals surface area contributed by atoms with Crippen molar-refractivity contribution in [2.24, 2.45) is 0 Å². The predicted octanol–water partition coefficient (Wildman–Crippen LogP) is -0.748. The second kappa shape index (κ2) is 9.94. The molecule has 0 amide bonds. The number of aromatic amines is 1. The molecule has 0 aromatic carbocycles. The number of hydrogen-bond donors (Lipinski definition) is 6. The van der Waals surface area contributed by atoms with E-state index >= 15 is 0 Å². The van der Waals surface area contributed by atoms with Gasteiger partial charge in [0, 0.05) is 0 Å². The fourth-order valence-electron chi connectivity index (χ4n) is 2.81. The van der Waals surface area contributed by atoms with Crippen molar-refractivity contribution in [1.82, 2.24) is 9.55 Å². The molecular weight excluding hydrogens is 580 g/mol. The number of hydrogen-bond acceptors (Lipinski definition) is 10. The van der Waals surface area contributed by atoms with Crippen LogP contribution in [0.25, 0.3) is 10.0 Å². The van der Waals surface area contributed by atoms with Crippen molar-refractivity contribution in [1.29, 1.82) is 0 Å². The zero-order valence-corrected chi connectivity index (χ0v) is 20.5. The van der Waals surface area contributed by atoms with Gasteiger partial charge in [-0.3, -0.25) is 0 Å². The Morgan fingerprint density at radius 3 is 2.45 bits per heavy atom. The molecule has 1 fully saturated rings. The van der Waals surface area contributed by atoms with E-state index in [0.717, 1.165) is 4.57 Å². The molecule has 1 aliphatic rings. The van der Waals surface area contributed by atoms with Crippen molar-refractivity contribution in [3.63, 3.8) is 0 Å². The Hall–Kier alpha value is -0.991. The number of rotatable bonds is 9. The van der Waals surface area contributed by atoms with Gasteiger partial charge in [0.1, 0.15) is 0 Å². The summed E-state index contributed by atoms with van der Waals surface area (Å²) >= 11 is -0.112. The van der Waals surface area contributed by atoms with Crippen molar-refractivity contribution >= 4 is 38.0 Å². The van der Waals surface area contributed by atoms with Crippen LogP contribution >= 0.6 is 23.5 Å². The first-order valence-electron chi connectivity index (χ1n) is 8.67. The van der Waals surface area contributed by atoms with Gasteiger partial charge in [0.05, 0.1) is 0 Å². The quantitative estimate of drug-likeness (QED) is 0.154. The van der Waals surface area contributed by atoms with Crippen LogP contribution in [-0.2, 0) is 31.6 Å². The molecule has 6 N–H and O–H groups in total. The van der Waals surface area contributed by atoms with Crippen LogP contribution in [0, 0.1) is 0 Å². The van der Waals surface area contributed by atoms with E-state index in [1.54, 1.807) is 12.1 Å². The van der Waals surface area contributed by atoms with Gasteiger partial charge < -0.3 is 14.7 Å². The van der Waals surface area contributed by atoms with Crippen LogP contribution in [0.4, 0.5) is 0 Å².